The Balaban J connectivity index is 1.93. The van der Waals surface area contributed by atoms with E-state index in [4.69, 9.17) is 5.73 Å². The number of anilines is 3. The molecule has 0 fully saturated rings. The van der Waals surface area contributed by atoms with Gasteiger partial charge in [-0.15, -0.1) is 0 Å². The van der Waals surface area contributed by atoms with Crippen molar-refractivity contribution in [2.24, 2.45) is 0 Å². The first kappa shape index (κ1) is 18.1. The van der Waals surface area contributed by atoms with Crippen molar-refractivity contribution < 1.29 is 4.79 Å². The van der Waals surface area contributed by atoms with Crippen LogP contribution in [-0.2, 0) is 0 Å². The molecule has 26 heavy (non-hydrogen) atoms. The van der Waals surface area contributed by atoms with Crippen molar-refractivity contribution in [1.82, 2.24) is 4.98 Å². The Hall–Kier alpha value is -2.66. The van der Waals surface area contributed by atoms with Crippen LogP contribution in [0, 0.1) is 34.6 Å². The number of hydrogen-bond acceptors (Lipinski definition) is 5. The number of nitrogens with zero attached hydrogens (tertiary/aromatic N) is 1. The summed E-state index contributed by atoms with van der Waals surface area (Å²) < 4.78 is 0. The summed E-state index contributed by atoms with van der Waals surface area (Å²) in [5, 5.41) is 3.89. The molecule has 0 atom stereocenters. The number of thiazole rings is 1. The molecule has 0 amide bonds. The van der Waals surface area contributed by atoms with Gasteiger partial charge in [-0.1, -0.05) is 23.5 Å². The van der Waals surface area contributed by atoms with E-state index in [1.807, 2.05) is 58.9 Å². The van der Waals surface area contributed by atoms with Crippen molar-refractivity contribution in [3.8, 4) is 0 Å². The molecule has 134 valence electrons. The standard InChI is InChI=1S/C21H23N3OS/c1-11-6-12(2)8-16(7-11)23-21-24-20(22)19(26-21)18(25)17-10-14(4)13(3)9-15(17)5/h6-10H,22H2,1-5H3,(H,23,24). The van der Waals surface area contributed by atoms with Crippen molar-refractivity contribution in [3.05, 3.63) is 68.6 Å². The lowest BCUT2D eigenvalue weighted by atomic mass is 9.97. The third kappa shape index (κ3) is 3.63. The van der Waals surface area contributed by atoms with Crippen molar-refractivity contribution in [1.29, 1.82) is 0 Å². The van der Waals surface area contributed by atoms with Crippen LogP contribution in [0.4, 0.5) is 16.6 Å². The van der Waals surface area contributed by atoms with Crippen LogP contribution in [0.5, 0.6) is 0 Å². The maximum atomic E-state index is 13.0. The number of benzene rings is 2. The highest BCUT2D eigenvalue weighted by Crippen LogP contribution is 2.31. The van der Waals surface area contributed by atoms with E-state index in [9.17, 15) is 4.79 Å². The molecule has 0 saturated carbocycles. The summed E-state index contributed by atoms with van der Waals surface area (Å²) in [6.07, 6.45) is 0. The number of nitrogens with two attached hydrogens (primary N) is 1. The Labute approximate surface area is 158 Å². The van der Waals surface area contributed by atoms with Gasteiger partial charge in [0, 0.05) is 11.3 Å². The van der Waals surface area contributed by atoms with E-state index < -0.39 is 0 Å². The van der Waals surface area contributed by atoms with E-state index in [1.54, 1.807) is 0 Å². The van der Waals surface area contributed by atoms with Crippen molar-refractivity contribution >= 4 is 33.8 Å². The van der Waals surface area contributed by atoms with Gasteiger partial charge in [0.25, 0.3) is 0 Å². The Kier molecular flexibility index (Phi) is 4.83. The van der Waals surface area contributed by atoms with E-state index in [0.29, 0.717) is 15.6 Å². The molecule has 3 aromatic rings. The lowest BCUT2D eigenvalue weighted by Crippen LogP contribution is -2.05. The highest BCUT2D eigenvalue weighted by molar-refractivity contribution is 7.18. The summed E-state index contributed by atoms with van der Waals surface area (Å²) in [6.45, 7) is 10.1. The van der Waals surface area contributed by atoms with E-state index in [2.05, 4.69) is 16.4 Å². The third-order valence-corrected chi connectivity index (χ3v) is 5.40. The molecule has 0 unspecified atom stereocenters. The van der Waals surface area contributed by atoms with Gasteiger partial charge in [-0.3, -0.25) is 4.79 Å². The lowest BCUT2D eigenvalue weighted by Gasteiger charge is -2.08. The number of ketones is 1. The average Bonchev–Trinajstić information content (AvgIpc) is 2.89. The molecule has 0 radical (unpaired) electrons. The van der Waals surface area contributed by atoms with Gasteiger partial charge in [0.05, 0.1) is 0 Å². The van der Waals surface area contributed by atoms with Gasteiger partial charge in [0.15, 0.2) is 5.13 Å². The van der Waals surface area contributed by atoms with Gasteiger partial charge in [0.1, 0.15) is 10.7 Å². The first-order valence-electron chi connectivity index (χ1n) is 8.49. The van der Waals surface area contributed by atoms with E-state index >= 15 is 0 Å². The zero-order chi connectivity index (χ0) is 19.0. The van der Waals surface area contributed by atoms with Crippen LogP contribution in [0.25, 0.3) is 0 Å². The van der Waals surface area contributed by atoms with Gasteiger partial charge in [-0.2, -0.15) is 0 Å². The zero-order valence-corrected chi connectivity index (χ0v) is 16.5. The summed E-state index contributed by atoms with van der Waals surface area (Å²) in [7, 11) is 0. The number of carbonyl (C=O) groups excluding carboxylic acids is 1. The minimum atomic E-state index is -0.0749. The fraction of sp³-hybridized carbons (Fsp3) is 0.238. The molecule has 3 rings (SSSR count). The van der Waals surface area contributed by atoms with Crippen LogP contribution in [0.3, 0.4) is 0 Å². The third-order valence-electron chi connectivity index (χ3n) is 4.42. The molecule has 0 saturated heterocycles. The van der Waals surface area contributed by atoms with E-state index in [1.165, 1.54) is 28.0 Å². The van der Waals surface area contributed by atoms with Crippen LogP contribution in [0.1, 0.15) is 43.1 Å². The minimum Gasteiger partial charge on any atom is -0.382 e. The second-order valence-electron chi connectivity index (χ2n) is 6.82. The fourth-order valence-electron chi connectivity index (χ4n) is 3.05. The van der Waals surface area contributed by atoms with E-state index in [-0.39, 0.29) is 11.6 Å². The Morgan fingerprint density at radius 3 is 2.19 bits per heavy atom. The number of carbonyl (C=O) groups is 1. The van der Waals surface area contributed by atoms with Gasteiger partial charge >= 0.3 is 0 Å². The molecule has 0 spiro atoms. The van der Waals surface area contributed by atoms with Gasteiger partial charge in [-0.05, 0) is 80.6 Å². The summed E-state index contributed by atoms with van der Waals surface area (Å²) in [5.74, 6) is 0.193. The van der Waals surface area contributed by atoms with Crippen molar-refractivity contribution in [3.63, 3.8) is 0 Å². The van der Waals surface area contributed by atoms with Crippen molar-refractivity contribution in [2.45, 2.75) is 34.6 Å². The molecule has 4 nitrogen and oxygen atoms in total. The molecule has 5 heteroatoms. The Morgan fingerprint density at radius 2 is 1.54 bits per heavy atom. The molecule has 0 aliphatic carbocycles. The molecule has 2 aromatic carbocycles. The predicted octanol–water partition coefficient (Wildman–Crippen LogP) is 5.24. The van der Waals surface area contributed by atoms with Crippen LogP contribution in [0.15, 0.2) is 30.3 Å². The number of nitrogen functional groups attached to an aromatic ring is 1. The minimum absolute atomic E-state index is 0.0749. The topological polar surface area (TPSA) is 68.0 Å². The van der Waals surface area contributed by atoms with Gasteiger partial charge in [-0.25, -0.2) is 4.98 Å². The summed E-state index contributed by atoms with van der Waals surface area (Å²) in [6, 6.07) is 10.2. The second-order valence-corrected chi connectivity index (χ2v) is 7.81. The average molecular weight is 366 g/mol. The largest absolute Gasteiger partial charge is 0.382 e. The number of nitrogens with one attached hydrogen (secondary N) is 1. The molecule has 3 N–H and O–H groups in total. The molecule has 1 heterocycles. The second kappa shape index (κ2) is 6.92. The van der Waals surface area contributed by atoms with Crippen LogP contribution < -0.4 is 11.1 Å². The molecule has 0 aliphatic heterocycles. The zero-order valence-electron chi connectivity index (χ0n) is 15.7. The summed E-state index contributed by atoms with van der Waals surface area (Å²) in [4.78, 5) is 17.8. The first-order chi connectivity index (χ1) is 12.2. The number of aryl methyl sites for hydroxylation is 5. The highest BCUT2D eigenvalue weighted by atomic mass is 32.1. The number of hydrogen-bond donors (Lipinski definition) is 2. The molecular formula is C21H23N3OS. The fourth-order valence-corrected chi connectivity index (χ4v) is 3.90. The normalized spacial score (nSPS) is 10.8. The van der Waals surface area contributed by atoms with Crippen LogP contribution >= 0.6 is 11.3 Å². The number of rotatable bonds is 4. The quantitative estimate of drug-likeness (QED) is 0.620. The molecule has 1 aromatic heterocycles. The smallest absolute Gasteiger partial charge is 0.207 e. The number of aromatic nitrogens is 1. The Morgan fingerprint density at radius 1 is 0.923 bits per heavy atom. The molecule has 0 aliphatic rings. The predicted molar refractivity (Wildman–Crippen MR) is 110 cm³/mol. The van der Waals surface area contributed by atoms with Crippen LogP contribution in [0.2, 0.25) is 0 Å². The molecule has 0 bridgehead atoms. The monoisotopic (exact) mass is 365 g/mol. The summed E-state index contributed by atoms with van der Waals surface area (Å²) >= 11 is 1.29. The van der Waals surface area contributed by atoms with Gasteiger partial charge < -0.3 is 11.1 Å². The first-order valence-corrected chi connectivity index (χ1v) is 9.30. The maximum Gasteiger partial charge on any atom is 0.207 e. The maximum absolute atomic E-state index is 13.0. The van der Waals surface area contributed by atoms with Crippen molar-refractivity contribution in [2.75, 3.05) is 11.1 Å². The summed E-state index contributed by atoms with van der Waals surface area (Å²) in [5.41, 5.74) is 13.2. The van der Waals surface area contributed by atoms with Gasteiger partial charge in [0.2, 0.25) is 5.78 Å². The SMILES string of the molecule is Cc1cc(C)cc(Nc2nc(N)c(C(=O)c3cc(C)c(C)cc3C)s2)c1. The van der Waals surface area contributed by atoms with E-state index in [0.717, 1.165) is 16.8 Å². The molecular weight excluding hydrogens is 342 g/mol. The highest BCUT2D eigenvalue weighted by Gasteiger charge is 2.20. The lowest BCUT2D eigenvalue weighted by molar-refractivity contribution is 0.104. The van der Waals surface area contributed by atoms with Crippen LogP contribution in [-0.4, -0.2) is 10.8 Å². The Bertz CT molecular complexity index is 984.